The molecule has 0 spiro atoms. The number of hydrogen-bond acceptors (Lipinski definition) is 2. The lowest BCUT2D eigenvalue weighted by atomic mass is 10.0. The van der Waals surface area contributed by atoms with Crippen LogP contribution in [0.2, 0.25) is 0 Å². The third-order valence-corrected chi connectivity index (χ3v) is 3.00. The van der Waals surface area contributed by atoms with Gasteiger partial charge >= 0.3 is 0 Å². The van der Waals surface area contributed by atoms with Gasteiger partial charge in [-0.1, -0.05) is 19.1 Å². The maximum absolute atomic E-state index is 3.53. The molecule has 2 heteroatoms. The zero-order valence-electron chi connectivity index (χ0n) is 12.0. The van der Waals surface area contributed by atoms with Crippen LogP contribution in [-0.4, -0.2) is 20.6 Å². The van der Waals surface area contributed by atoms with Gasteiger partial charge in [0.1, 0.15) is 0 Å². The summed E-state index contributed by atoms with van der Waals surface area (Å²) in [6, 6.07) is 9.17. The molecule has 0 bridgehead atoms. The molecule has 1 N–H and O–H groups in total. The Morgan fingerprint density at radius 1 is 1.22 bits per heavy atom. The Hall–Kier alpha value is -1.46. The number of nitrogens with zero attached hydrogens (tertiary/aromatic N) is 1. The van der Waals surface area contributed by atoms with E-state index in [1.54, 1.807) is 0 Å². The lowest BCUT2D eigenvalue weighted by Gasteiger charge is -2.19. The summed E-state index contributed by atoms with van der Waals surface area (Å²) in [5, 5.41) is 3.53. The standard InChI is InChI=1S/C16H24N2/c1-5-7-8-9-16(17-6-2)14-10-12-15(13-11-14)18(3)4/h10-13,16-17H,6,8-9H2,1-4H3. The molecule has 1 unspecified atom stereocenters. The van der Waals surface area contributed by atoms with Crippen LogP contribution in [0.3, 0.4) is 0 Å². The number of benzene rings is 1. The molecule has 1 aromatic carbocycles. The highest BCUT2D eigenvalue weighted by atomic mass is 15.1. The van der Waals surface area contributed by atoms with Crippen molar-refractivity contribution >= 4 is 5.69 Å². The van der Waals surface area contributed by atoms with E-state index in [9.17, 15) is 0 Å². The molecule has 0 saturated heterocycles. The van der Waals surface area contributed by atoms with Gasteiger partial charge in [0.25, 0.3) is 0 Å². The van der Waals surface area contributed by atoms with Gasteiger partial charge < -0.3 is 10.2 Å². The minimum Gasteiger partial charge on any atom is -0.378 e. The Balaban J connectivity index is 2.73. The molecule has 2 nitrogen and oxygen atoms in total. The van der Waals surface area contributed by atoms with Gasteiger partial charge in [0.05, 0.1) is 0 Å². The largest absolute Gasteiger partial charge is 0.378 e. The van der Waals surface area contributed by atoms with Gasteiger partial charge in [0.15, 0.2) is 0 Å². The van der Waals surface area contributed by atoms with Crippen LogP contribution >= 0.6 is 0 Å². The minimum absolute atomic E-state index is 0.409. The van der Waals surface area contributed by atoms with E-state index < -0.39 is 0 Å². The van der Waals surface area contributed by atoms with Gasteiger partial charge in [0.2, 0.25) is 0 Å². The summed E-state index contributed by atoms with van der Waals surface area (Å²) >= 11 is 0. The molecule has 0 aliphatic heterocycles. The van der Waals surface area contributed by atoms with Gasteiger partial charge in [0, 0.05) is 32.2 Å². The van der Waals surface area contributed by atoms with Crippen molar-refractivity contribution in [2.24, 2.45) is 0 Å². The van der Waals surface area contributed by atoms with Crippen molar-refractivity contribution in [2.75, 3.05) is 25.5 Å². The van der Waals surface area contributed by atoms with Crippen LogP contribution in [0.15, 0.2) is 24.3 Å². The fourth-order valence-corrected chi connectivity index (χ4v) is 1.98. The van der Waals surface area contributed by atoms with E-state index >= 15 is 0 Å². The molecule has 1 aromatic rings. The molecule has 0 fully saturated rings. The number of hydrogen-bond donors (Lipinski definition) is 1. The third kappa shape index (κ3) is 4.43. The molecule has 18 heavy (non-hydrogen) atoms. The van der Waals surface area contributed by atoms with Crippen molar-refractivity contribution < 1.29 is 0 Å². The highest BCUT2D eigenvalue weighted by molar-refractivity contribution is 5.46. The van der Waals surface area contributed by atoms with Gasteiger partial charge in [-0.25, -0.2) is 0 Å². The van der Waals surface area contributed by atoms with E-state index in [0.29, 0.717) is 6.04 Å². The van der Waals surface area contributed by atoms with Crippen molar-refractivity contribution in [3.63, 3.8) is 0 Å². The minimum atomic E-state index is 0.409. The number of nitrogens with one attached hydrogen (secondary N) is 1. The average Bonchev–Trinajstić information content (AvgIpc) is 2.38. The summed E-state index contributed by atoms with van der Waals surface area (Å²) in [7, 11) is 4.13. The van der Waals surface area contributed by atoms with Crippen molar-refractivity contribution in [1.29, 1.82) is 0 Å². The summed E-state index contributed by atoms with van der Waals surface area (Å²) in [5.74, 6) is 6.09. The van der Waals surface area contributed by atoms with Crippen LogP contribution in [0, 0.1) is 11.8 Å². The Bertz CT molecular complexity index is 395. The predicted molar refractivity (Wildman–Crippen MR) is 79.9 cm³/mol. The summed E-state index contributed by atoms with van der Waals surface area (Å²) in [5.41, 5.74) is 2.59. The molecule has 0 saturated carbocycles. The summed E-state index contributed by atoms with van der Waals surface area (Å²) in [4.78, 5) is 2.12. The zero-order chi connectivity index (χ0) is 13.4. The van der Waals surface area contributed by atoms with Gasteiger partial charge in [-0.3, -0.25) is 0 Å². The first kappa shape index (κ1) is 14.6. The van der Waals surface area contributed by atoms with Crippen molar-refractivity contribution in [1.82, 2.24) is 5.32 Å². The smallest absolute Gasteiger partial charge is 0.0361 e. The Labute approximate surface area is 111 Å². The molecular formula is C16H24N2. The first-order valence-corrected chi connectivity index (χ1v) is 6.59. The van der Waals surface area contributed by atoms with Crippen LogP contribution in [-0.2, 0) is 0 Å². The van der Waals surface area contributed by atoms with E-state index in [4.69, 9.17) is 0 Å². The lowest BCUT2D eigenvalue weighted by Crippen LogP contribution is -2.20. The lowest BCUT2D eigenvalue weighted by molar-refractivity contribution is 0.522. The Morgan fingerprint density at radius 2 is 1.89 bits per heavy atom. The fraction of sp³-hybridized carbons (Fsp3) is 0.500. The van der Waals surface area contributed by atoms with Crippen LogP contribution in [0.5, 0.6) is 0 Å². The molecule has 1 atom stereocenters. The van der Waals surface area contributed by atoms with E-state index in [1.165, 1.54) is 11.3 Å². The fourth-order valence-electron chi connectivity index (χ4n) is 1.98. The van der Waals surface area contributed by atoms with Crippen LogP contribution in [0.1, 0.15) is 38.3 Å². The van der Waals surface area contributed by atoms with E-state index in [0.717, 1.165) is 19.4 Å². The van der Waals surface area contributed by atoms with Crippen LogP contribution < -0.4 is 10.2 Å². The summed E-state index contributed by atoms with van der Waals surface area (Å²) < 4.78 is 0. The monoisotopic (exact) mass is 244 g/mol. The van der Waals surface area contributed by atoms with Crippen LogP contribution in [0.25, 0.3) is 0 Å². The van der Waals surface area contributed by atoms with E-state index in [1.807, 2.05) is 6.92 Å². The second-order valence-electron chi connectivity index (χ2n) is 4.56. The molecule has 0 amide bonds. The quantitative estimate of drug-likeness (QED) is 0.773. The molecule has 0 aromatic heterocycles. The highest BCUT2D eigenvalue weighted by Gasteiger charge is 2.09. The van der Waals surface area contributed by atoms with E-state index in [-0.39, 0.29) is 0 Å². The average molecular weight is 244 g/mol. The summed E-state index contributed by atoms with van der Waals surface area (Å²) in [6.07, 6.45) is 2.01. The Kier molecular flexibility index (Phi) is 6.32. The third-order valence-electron chi connectivity index (χ3n) is 3.00. The molecule has 0 radical (unpaired) electrons. The van der Waals surface area contributed by atoms with Crippen LogP contribution in [0.4, 0.5) is 5.69 Å². The maximum atomic E-state index is 3.53. The molecule has 1 rings (SSSR count). The first-order chi connectivity index (χ1) is 8.69. The van der Waals surface area contributed by atoms with Gasteiger partial charge in [-0.05, 0) is 37.6 Å². The van der Waals surface area contributed by atoms with Crippen molar-refractivity contribution in [2.45, 2.75) is 32.7 Å². The molecule has 0 aliphatic rings. The number of rotatable bonds is 6. The highest BCUT2D eigenvalue weighted by Crippen LogP contribution is 2.21. The second-order valence-corrected chi connectivity index (χ2v) is 4.56. The Morgan fingerprint density at radius 3 is 2.39 bits per heavy atom. The molecule has 0 aliphatic carbocycles. The zero-order valence-corrected chi connectivity index (χ0v) is 12.0. The second kappa shape index (κ2) is 7.79. The number of anilines is 1. The van der Waals surface area contributed by atoms with E-state index in [2.05, 4.69) is 67.3 Å². The first-order valence-electron chi connectivity index (χ1n) is 6.59. The SMILES string of the molecule is CC#CCCC(NCC)c1ccc(N(C)C)cc1. The normalized spacial score (nSPS) is 11.6. The summed E-state index contributed by atoms with van der Waals surface area (Å²) in [6.45, 7) is 5.03. The molecule has 0 heterocycles. The molecular weight excluding hydrogens is 220 g/mol. The van der Waals surface area contributed by atoms with Gasteiger partial charge in [-0.2, -0.15) is 0 Å². The van der Waals surface area contributed by atoms with Crippen molar-refractivity contribution in [3.8, 4) is 11.8 Å². The van der Waals surface area contributed by atoms with Gasteiger partial charge in [-0.15, -0.1) is 11.8 Å². The van der Waals surface area contributed by atoms with Crippen molar-refractivity contribution in [3.05, 3.63) is 29.8 Å². The predicted octanol–water partition coefficient (Wildman–Crippen LogP) is 3.21. The topological polar surface area (TPSA) is 15.3 Å². The maximum Gasteiger partial charge on any atom is 0.0361 e. The molecule has 98 valence electrons.